The number of aryl methyl sites for hydroxylation is 1. The molecule has 0 saturated carbocycles. The summed E-state index contributed by atoms with van der Waals surface area (Å²) in [6.45, 7) is 3.58. The Balaban J connectivity index is 1.55. The van der Waals surface area contributed by atoms with E-state index in [1.807, 2.05) is 25.1 Å². The van der Waals surface area contributed by atoms with E-state index in [0.717, 1.165) is 20.1 Å². The summed E-state index contributed by atoms with van der Waals surface area (Å²) in [4.78, 5) is 29.0. The number of hydrogen-bond donors (Lipinski definition) is 1. The number of carbonyl (C=O) groups excluding carboxylic acids is 2. The van der Waals surface area contributed by atoms with Gasteiger partial charge in [-0.1, -0.05) is 24.3 Å². The minimum Gasteiger partial charge on any atom is -0.298 e. The topological polar surface area (TPSA) is 96.4 Å². The van der Waals surface area contributed by atoms with Crippen molar-refractivity contribution in [3.63, 3.8) is 0 Å². The Morgan fingerprint density at radius 2 is 1.93 bits per heavy atom. The summed E-state index contributed by atoms with van der Waals surface area (Å²) < 4.78 is 26.1. The van der Waals surface area contributed by atoms with Gasteiger partial charge in [-0.15, -0.1) is 0 Å². The first-order valence-corrected chi connectivity index (χ1v) is 11.0. The van der Waals surface area contributed by atoms with Gasteiger partial charge in [0.2, 0.25) is 15.9 Å². The second kappa shape index (κ2) is 6.68. The molecule has 1 unspecified atom stereocenters. The maximum absolute atomic E-state index is 12.5. The number of nitrogens with one attached hydrogen (secondary N) is 1. The van der Waals surface area contributed by atoms with Crippen LogP contribution in [0, 0.1) is 12.8 Å². The fraction of sp³-hybridized carbons (Fsp3) is 0.211. The lowest BCUT2D eigenvalue weighted by Gasteiger charge is -2.15. The number of benzene rings is 2. The monoisotopic (exact) mass is 415 g/mol. The van der Waals surface area contributed by atoms with Crippen LogP contribution in [0.2, 0.25) is 0 Å². The highest BCUT2D eigenvalue weighted by atomic mass is 32.2. The highest BCUT2D eigenvalue weighted by Crippen LogP contribution is 2.29. The molecular weight excluding hydrogens is 398 g/mol. The molecular formula is C19H17N3O4S2. The van der Waals surface area contributed by atoms with Gasteiger partial charge in [0.1, 0.15) is 0 Å². The van der Waals surface area contributed by atoms with Crippen LogP contribution in [0.4, 0.5) is 10.8 Å². The molecule has 1 fully saturated rings. The molecule has 28 heavy (non-hydrogen) atoms. The number of fused-ring (bicyclic) bond motifs is 1. The highest BCUT2D eigenvalue weighted by Gasteiger charge is 2.41. The van der Waals surface area contributed by atoms with Gasteiger partial charge in [0.25, 0.3) is 5.91 Å². The molecule has 2 aromatic carbocycles. The van der Waals surface area contributed by atoms with Gasteiger partial charge in [-0.25, -0.2) is 17.7 Å². The molecule has 144 valence electrons. The molecule has 1 aromatic heterocycles. The summed E-state index contributed by atoms with van der Waals surface area (Å²) in [7, 11) is -3.66. The summed E-state index contributed by atoms with van der Waals surface area (Å²) in [6.07, 6.45) is 0. The fourth-order valence-electron chi connectivity index (χ4n) is 3.09. The van der Waals surface area contributed by atoms with Gasteiger partial charge in [-0.05, 0) is 48.9 Å². The van der Waals surface area contributed by atoms with Crippen LogP contribution in [-0.4, -0.2) is 31.0 Å². The quantitative estimate of drug-likeness (QED) is 0.709. The van der Waals surface area contributed by atoms with E-state index < -0.39 is 21.8 Å². The molecule has 0 aliphatic carbocycles. The van der Waals surface area contributed by atoms with E-state index >= 15 is 0 Å². The first-order valence-electron chi connectivity index (χ1n) is 8.60. The van der Waals surface area contributed by atoms with Crippen LogP contribution < -0.4 is 9.62 Å². The smallest absolute Gasteiger partial charge is 0.257 e. The minimum absolute atomic E-state index is 0.203. The third-order valence-electron chi connectivity index (χ3n) is 4.49. The molecule has 1 N–H and O–H groups in total. The third-order valence-corrected chi connectivity index (χ3v) is 7.29. The lowest BCUT2D eigenvalue weighted by Crippen LogP contribution is -2.30. The average molecular weight is 415 g/mol. The number of thiazole rings is 1. The Hall–Kier alpha value is -2.78. The predicted octanol–water partition coefficient (Wildman–Crippen LogP) is 3.17. The average Bonchev–Trinajstić information content (AvgIpc) is 3.11. The van der Waals surface area contributed by atoms with Crippen molar-refractivity contribution in [1.29, 1.82) is 0 Å². The number of aromatic nitrogens is 1. The first-order chi connectivity index (χ1) is 13.2. The Morgan fingerprint density at radius 1 is 1.21 bits per heavy atom. The molecule has 3 aromatic rings. The zero-order valence-electron chi connectivity index (χ0n) is 15.2. The predicted molar refractivity (Wildman–Crippen MR) is 109 cm³/mol. The summed E-state index contributed by atoms with van der Waals surface area (Å²) in [5.41, 5.74) is 2.51. The number of anilines is 2. The van der Waals surface area contributed by atoms with Crippen LogP contribution in [0.3, 0.4) is 0 Å². The molecule has 2 amide bonds. The summed E-state index contributed by atoms with van der Waals surface area (Å²) in [5, 5.41) is 3.24. The van der Waals surface area contributed by atoms with Gasteiger partial charge in [0.15, 0.2) is 5.13 Å². The molecule has 4 rings (SSSR count). The van der Waals surface area contributed by atoms with Gasteiger partial charge in [0, 0.05) is 5.56 Å². The normalized spacial score (nSPS) is 18.6. The summed E-state index contributed by atoms with van der Waals surface area (Å²) in [6, 6.07) is 11.8. The van der Waals surface area contributed by atoms with E-state index in [9.17, 15) is 18.0 Å². The second-order valence-electron chi connectivity index (χ2n) is 6.77. The summed E-state index contributed by atoms with van der Waals surface area (Å²) >= 11 is 1.38. The number of nitrogens with zero attached hydrogens (tertiary/aromatic N) is 2. The Morgan fingerprint density at radius 3 is 2.57 bits per heavy atom. The van der Waals surface area contributed by atoms with Crippen molar-refractivity contribution in [1.82, 2.24) is 4.98 Å². The zero-order chi connectivity index (χ0) is 20.1. The van der Waals surface area contributed by atoms with Crippen molar-refractivity contribution in [3.8, 4) is 0 Å². The highest BCUT2D eigenvalue weighted by molar-refractivity contribution is 7.94. The molecule has 0 spiro atoms. The molecule has 1 atom stereocenters. The van der Waals surface area contributed by atoms with Crippen LogP contribution in [0.1, 0.15) is 22.8 Å². The van der Waals surface area contributed by atoms with E-state index in [1.54, 1.807) is 6.92 Å². The Labute approximate surface area is 166 Å². The van der Waals surface area contributed by atoms with Crippen molar-refractivity contribution >= 4 is 54.2 Å². The molecule has 9 heteroatoms. The van der Waals surface area contributed by atoms with Crippen LogP contribution in [0.5, 0.6) is 0 Å². The molecule has 7 nitrogen and oxygen atoms in total. The van der Waals surface area contributed by atoms with Crippen LogP contribution in [-0.2, 0) is 14.8 Å². The van der Waals surface area contributed by atoms with Gasteiger partial charge in [-0.2, -0.15) is 0 Å². The van der Waals surface area contributed by atoms with E-state index in [4.69, 9.17) is 0 Å². The third kappa shape index (κ3) is 3.27. The number of carbonyl (C=O) groups is 2. The molecule has 1 aliphatic rings. The number of rotatable bonds is 3. The van der Waals surface area contributed by atoms with Gasteiger partial charge < -0.3 is 0 Å². The number of hydrogen-bond acceptors (Lipinski definition) is 6. The minimum atomic E-state index is -3.66. The maximum Gasteiger partial charge on any atom is 0.257 e. The molecule has 1 aliphatic heterocycles. The van der Waals surface area contributed by atoms with Crippen molar-refractivity contribution in [3.05, 3.63) is 53.6 Å². The first kappa shape index (κ1) is 18.6. The maximum atomic E-state index is 12.5. The van der Waals surface area contributed by atoms with E-state index in [1.165, 1.54) is 35.6 Å². The Bertz CT molecular complexity index is 1200. The van der Waals surface area contributed by atoms with Gasteiger partial charge in [-0.3, -0.25) is 14.9 Å². The van der Waals surface area contributed by atoms with E-state index in [0.29, 0.717) is 10.7 Å². The van der Waals surface area contributed by atoms with E-state index in [-0.39, 0.29) is 17.3 Å². The van der Waals surface area contributed by atoms with Gasteiger partial charge in [0.05, 0.1) is 27.6 Å². The molecule has 0 bridgehead atoms. The van der Waals surface area contributed by atoms with Crippen LogP contribution >= 0.6 is 11.3 Å². The SMILES string of the molecule is Cc1ccc2nc(NC(=O)c3ccc(N4C(=O)C(C)CS4(=O)=O)cc3)sc2c1. The lowest BCUT2D eigenvalue weighted by atomic mass is 10.1. The zero-order valence-corrected chi connectivity index (χ0v) is 16.8. The molecule has 1 saturated heterocycles. The van der Waals surface area contributed by atoms with Gasteiger partial charge >= 0.3 is 0 Å². The van der Waals surface area contributed by atoms with Crippen molar-refractivity contribution < 1.29 is 18.0 Å². The lowest BCUT2D eigenvalue weighted by molar-refractivity contribution is -0.119. The van der Waals surface area contributed by atoms with Crippen molar-refractivity contribution in [2.45, 2.75) is 13.8 Å². The van der Waals surface area contributed by atoms with Crippen LogP contribution in [0.25, 0.3) is 10.2 Å². The fourth-order valence-corrected chi connectivity index (χ4v) is 5.87. The summed E-state index contributed by atoms with van der Waals surface area (Å²) in [5.74, 6) is -1.59. The number of sulfonamides is 1. The Kier molecular flexibility index (Phi) is 4.43. The second-order valence-corrected chi connectivity index (χ2v) is 9.67. The number of amides is 2. The molecule has 2 heterocycles. The standard InChI is InChI=1S/C19H17N3O4S2/c1-11-3-8-15-16(9-11)27-19(20-15)21-17(23)13-4-6-14(7-5-13)22-18(24)12(2)10-28(22,25)26/h3-9,12H,10H2,1-2H3,(H,20,21,23). The van der Waals surface area contributed by atoms with Crippen molar-refractivity contribution in [2.24, 2.45) is 5.92 Å². The molecule has 0 radical (unpaired) electrons. The van der Waals surface area contributed by atoms with Crippen molar-refractivity contribution in [2.75, 3.05) is 15.4 Å². The largest absolute Gasteiger partial charge is 0.298 e. The van der Waals surface area contributed by atoms with E-state index in [2.05, 4.69) is 10.3 Å². The van der Waals surface area contributed by atoms with Crippen LogP contribution in [0.15, 0.2) is 42.5 Å².